The van der Waals surface area contributed by atoms with E-state index in [2.05, 4.69) is 53.3 Å². The van der Waals surface area contributed by atoms with Crippen LogP contribution in [-0.2, 0) is 16.7 Å². The summed E-state index contributed by atoms with van der Waals surface area (Å²) in [4.78, 5) is 10.8. The molecule has 2 rings (SSSR count). The highest BCUT2D eigenvalue weighted by Gasteiger charge is 2.20. The van der Waals surface area contributed by atoms with Crippen molar-refractivity contribution in [3.63, 3.8) is 0 Å². The number of nitrogens with zero attached hydrogens (tertiary/aromatic N) is 3. The van der Waals surface area contributed by atoms with Gasteiger partial charge in [0.25, 0.3) is 0 Å². The van der Waals surface area contributed by atoms with Crippen LogP contribution in [0.4, 0.5) is 0 Å². The van der Waals surface area contributed by atoms with E-state index >= 15 is 0 Å². The third kappa shape index (κ3) is 5.51. The molecule has 0 radical (unpaired) electrons. The monoisotopic (exact) mass is 323 g/mol. The predicted molar refractivity (Wildman–Crippen MR) is 90.6 cm³/mol. The summed E-state index contributed by atoms with van der Waals surface area (Å²) in [6.07, 6.45) is 1.97. The van der Waals surface area contributed by atoms with Crippen molar-refractivity contribution in [2.45, 2.75) is 38.8 Å². The Morgan fingerprint density at radius 1 is 1.43 bits per heavy atom. The van der Waals surface area contributed by atoms with Gasteiger partial charge >= 0.3 is 0 Å². The van der Waals surface area contributed by atoms with Gasteiger partial charge in [-0.25, -0.2) is 4.98 Å². The van der Waals surface area contributed by atoms with Crippen molar-refractivity contribution >= 4 is 5.96 Å². The van der Waals surface area contributed by atoms with Gasteiger partial charge in [-0.2, -0.15) is 0 Å². The molecule has 0 aliphatic carbocycles. The van der Waals surface area contributed by atoms with E-state index in [1.807, 2.05) is 0 Å². The van der Waals surface area contributed by atoms with Crippen LogP contribution in [0.15, 0.2) is 15.6 Å². The van der Waals surface area contributed by atoms with Crippen LogP contribution >= 0.6 is 0 Å². The lowest BCUT2D eigenvalue weighted by Crippen LogP contribution is -2.48. The van der Waals surface area contributed by atoms with Crippen LogP contribution in [0.25, 0.3) is 0 Å². The summed E-state index contributed by atoms with van der Waals surface area (Å²) in [5, 5.41) is 6.50. The van der Waals surface area contributed by atoms with Crippen LogP contribution in [0.1, 0.15) is 32.4 Å². The molecule has 1 atom stereocenters. The Balaban J connectivity index is 1.78. The molecular formula is C16H29N5O2. The number of oxazole rings is 1. The summed E-state index contributed by atoms with van der Waals surface area (Å²) in [5.74, 6) is 2.26. The van der Waals surface area contributed by atoms with Crippen LogP contribution in [0.2, 0.25) is 0 Å². The third-order valence-corrected chi connectivity index (χ3v) is 3.76. The van der Waals surface area contributed by atoms with E-state index in [1.54, 1.807) is 13.2 Å². The van der Waals surface area contributed by atoms with Gasteiger partial charge in [0, 0.05) is 32.1 Å². The van der Waals surface area contributed by atoms with E-state index in [-0.39, 0.29) is 11.5 Å². The van der Waals surface area contributed by atoms with Crippen LogP contribution in [-0.4, -0.2) is 62.3 Å². The fourth-order valence-corrected chi connectivity index (χ4v) is 2.32. The van der Waals surface area contributed by atoms with Crippen LogP contribution in [0.5, 0.6) is 0 Å². The lowest BCUT2D eigenvalue weighted by molar-refractivity contribution is -0.0161. The molecule has 7 heteroatoms. The molecule has 0 bridgehead atoms. The van der Waals surface area contributed by atoms with Crippen molar-refractivity contribution in [3.05, 3.63) is 17.8 Å². The lowest BCUT2D eigenvalue weighted by atomic mass is 9.94. The second-order valence-corrected chi connectivity index (χ2v) is 6.93. The number of morpholine rings is 1. The van der Waals surface area contributed by atoms with E-state index in [9.17, 15) is 0 Å². The number of ether oxygens (including phenoxy) is 1. The topological polar surface area (TPSA) is 74.9 Å². The summed E-state index contributed by atoms with van der Waals surface area (Å²) in [6.45, 7) is 10.2. The van der Waals surface area contributed by atoms with Crippen molar-refractivity contribution < 1.29 is 9.15 Å². The summed E-state index contributed by atoms with van der Waals surface area (Å²) >= 11 is 0. The highest BCUT2D eigenvalue weighted by atomic mass is 16.5. The Morgan fingerprint density at radius 2 is 2.22 bits per heavy atom. The first kappa shape index (κ1) is 17.7. The number of nitrogens with one attached hydrogen (secondary N) is 2. The number of hydrogen-bond acceptors (Lipinski definition) is 5. The van der Waals surface area contributed by atoms with Crippen molar-refractivity contribution in [2.24, 2.45) is 4.99 Å². The predicted octanol–water partition coefficient (Wildman–Crippen LogP) is 0.968. The second-order valence-electron chi connectivity index (χ2n) is 6.93. The maximum absolute atomic E-state index is 5.76. The van der Waals surface area contributed by atoms with E-state index in [0.29, 0.717) is 12.4 Å². The van der Waals surface area contributed by atoms with Gasteiger partial charge in [-0.3, -0.25) is 4.99 Å². The minimum absolute atomic E-state index is 0.0322. The van der Waals surface area contributed by atoms with Gasteiger partial charge in [0.15, 0.2) is 5.96 Å². The van der Waals surface area contributed by atoms with E-state index in [4.69, 9.17) is 9.15 Å². The minimum atomic E-state index is -0.0322. The third-order valence-electron chi connectivity index (χ3n) is 3.76. The first-order valence-corrected chi connectivity index (χ1v) is 8.08. The zero-order chi connectivity index (χ0) is 16.9. The number of likely N-dealkylation sites (N-methyl/N-ethyl adjacent to an activating group) is 1. The van der Waals surface area contributed by atoms with Crippen molar-refractivity contribution in [2.75, 3.05) is 40.3 Å². The number of aromatic nitrogens is 1. The van der Waals surface area contributed by atoms with Gasteiger partial charge < -0.3 is 24.7 Å². The lowest BCUT2D eigenvalue weighted by Gasteiger charge is -2.30. The molecule has 7 nitrogen and oxygen atoms in total. The van der Waals surface area contributed by atoms with Gasteiger partial charge in [-0.15, -0.1) is 0 Å². The quantitative estimate of drug-likeness (QED) is 0.635. The van der Waals surface area contributed by atoms with Gasteiger partial charge in [0.1, 0.15) is 5.76 Å². The molecule has 2 heterocycles. The van der Waals surface area contributed by atoms with E-state index in [0.717, 1.165) is 38.0 Å². The summed E-state index contributed by atoms with van der Waals surface area (Å²) in [5.41, 5.74) is -0.0322. The molecule has 2 N–H and O–H groups in total. The Morgan fingerprint density at radius 3 is 2.83 bits per heavy atom. The minimum Gasteiger partial charge on any atom is -0.443 e. The Kier molecular flexibility index (Phi) is 6.01. The highest BCUT2D eigenvalue weighted by molar-refractivity contribution is 5.79. The van der Waals surface area contributed by atoms with Gasteiger partial charge in [-0.05, 0) is 7.05 Å². The molecule has 0 amide bonds. The second kappa shape index (κ2) is 7.79. The molecule has 1 aliphatic heterocycles. The maximum atomic E-state index is 5.76. The van der Waals surface area contributed by atoms with Gasteiger partial charge in [0.2, 0.25) is 5.89 Å². The number of hydrogen-bond donors (Lipinski definition) is 2. The molecule has 1 aliphatic rings. The number of aliphatic imine (C=N–C) groups is 1. The van der Waals surface area contributed by atoms with Gasteiger partial charge in [0.05, 0.1) is 25.5 Å². The molecule has 0 aromatic carbocycles. The van der Waals surface area contributed by atoms with Crippen molar-refractivity contribution in [1.82, 2.24) is 20.5 Å². The number of rotatable bonds is 4. The molecule has 1 fully saturated rings. The fourth-order valence-electron chi connectivity index (χ4n) is 2.32. The molecule has 1 unspecified atom stereocenters. The molecule has 23 heavy (non-hydrogen) atoms. The summed E-state index contributed by atoms with van der Waals surface area (Å²) in [6, 6.07) is 0. The SMILES string of the molecule is CN=C(NCc1ncc(C(C)(C)C)o1)NCC1CN(C)CCO1. The van der Waals surface area contributed by atoms with Crippen molar-refractivity contribution in [3.8, 4) is 0 Å². The average molecular weight is 323 g/mol. The molecule has 0 spiro atoms. The Hall–Kier alpha value is -1.60. The summed E-state index contributed by atoms with van der Waals surface area (Å²) < 4.78 is 11.5. The smallest absolute Gasteiger partial charge is 0.213 e. The largest absolute Gasteiger partial charge is 0.443 e. The van der Waals surface area contributed by atoms with Crippen LogP contribution < -0.4 is 10.6 Å². The van der Waals surface area contributed by atoms with E-state index < -0.39 is 0 Å². The van der Waals surface area contributed by atoms with Crippen LogP contribution in [0, 0.1) is 0 Å². The fraction of sp³-hybridized carbons (Fsp3) is 0.750. The Labute approximate surface area is 138 Å². The first-order chi connectivity index (χ1) is 10.9. The number of guanidine groups is 1. The maximum Gasteiger partial charge on any atom is 0.213 e. The molecule has 130 valence electrons. The zero-order valence-electron chi connectivity index (χ0n) is 14.8. The molecule has 0 saturated carbocycles. The highest BCUT2D eigenvalue weighted by Crippen LogP contribution is 2.22. The summed E-state index contributed by atoms with van der Waals surface area (Å²) in [7, 11) is 3.86. The van der Waals surface area contributed by atoms with Crippen LogP contribution in [0.3, 0.4) is 0 Å². The Bertz CT molecular complexity index is 521. The standard InChI is InChI=1S/C16H29N5O2/c1-16(2,3)13-9-18-14(23-13)10-20-15(17-4)19-8-12-11-21(5)6-7-22-12/h9,12H,6-8,10-11H2,1-5H3,(H2,17,19,20). The van der Waals surface area contributed by atoms with E-state index in [1.165, 1.54) is 0 Å². The molecule has 1 aromatic heterocycles. The normalized spacial score (nSPS) is 20.6. The molecular weight excluding hydrogens is 294 g/mol. The zero-order valence-corrected chi connectivity index (χ0v) is 14.8. The molecule has 1 saturated heterocycles. The molecule has 1 aromatic rings. The van der Waals surface area contributed by atoms with Crippen molar-refractivity contribution in [1.29, 1.82) is 0 Å². The average Bonchev–Trinajstić information content (AvgIpc) is 2.96. The van der Waals surface area contributed by atoms with Gasteiger partial charge in [-0.1, -0.05) is 20.8 Å². The first-order valence-electron chi connectivity index (χ1n) is 8.08.